The topological polar surface area (TPSA) is 96.8 Å². The van der Waals surface area contributed by atoms with Crippen molar-refractivity contribution in [2.45, 2.75) is 55.2 Å². The van der Waals surface area contributed by atoms with Crippen molar-refractivity contribution in [2.75, 3.05) is 18.1 Å². The summed E-state index contributed by atoms with van der Waals surface area (Å²) < 4.78 is 30.7. The Labute approximate surface area is 177 Å². The number of piperidine rings is 1. The number of unbranched alkanes of at least 4 members (excludes halogenated alkanes) is 1. The van der Waals surface area contributed by atoms with E-state index in [1.165, 1.54) is 12.1 Å². The normalized spacial score (nSPS) is 21.9. The van der Waals surface area contributed by atoms with Crippen molar-refractivity contribution < 1.29 is 23.1 Å². The standard InChI is InChI=1S/C22H28N2O5S/c1-3-4-15-29-19-5-7-20(8-6-19)30(27,28)22(21(25)26)11-14-24(17(2)16-22)18-9-12-23-13-10-18/h5-10,12-13,17H,3-4,11,14-16H2,1-2H3,(H,25,26). The summed E-state index contributed by atoms with van der Waals surface area (Å²) in [6, 6.07) is 9.50. The van der Waals surface area contributed by atoms with Crippen LogP contribution < -0.4 is 9.64 Å². The van der Waals surface area contributed by atoms with Gasteiger partial charge in [0, 0.05) is 30.7 Å². The number of carboxylic acids is 1. The number of ether oxygens (including phenoxy) is 1. The van der Waals surface area contributed by atoms with Crippen LogP contribution in [0.3, 0.4) is 0 Å². The van der Waals surface area contributed by atoms with Crippen LogP contribution >= 0.6 is 0 Å². The third kappa shape index (κ3) is 4.14. The summed E-state index contributed by atoms with van der Waals surface area (Å²) in [5.74, 6) is -0.723. The largest absolute Gasteiger partial charge is 0.494 e. The summed E-state index contributed by atoms with van der Waals surface area (Å²) in [6.07, 6.45) is 5.26. The van der Waals surface area contributed by atoms with Gasteiger partial charge in [-0.15, -0.1) is 0 Å². The molecule has 1 aromatic carbocycles. The van der Waals surface area contributed by atoms with E-state index in [0.717, 1.165) is 18.5 Å². The third-order valence-electron chi connectivity index (χ3n) is 5.71. The predicted octanol–water partition coefficient (Wildman–Crippen LogP) is 3.55. The van der Waals surface area contributed by atoms with Crippen LogP contribution in [0.2, 0.25) is 0 Å². The number of carboxylic acid groups (broad SMARTS) is 1. The molecule has 2 aromatic rings. The fourth-order valence-electron chi connectivity index (χ4n) is 3.96. The Balaban J connectivity index is 1.86. The van der Waals surface area contributed by atoms with Gasteiger partial charge in [-0.05, 0) is 62.6 Å². The van der Waals surface area contributed by atoms with Crippen LogP contribution in [0, 0.1) is 0 Å². The van der Waals surface area contributed by atoms with Crippen LogP contribution in [0.5, 0.6) is 5.75 Å². The highest BCUT2D eigenvalue weighted by atomic mass is 32.2. The minimum absolute atomic E-state index is 0.00173. The number of rotatable bonds is 8. The molecule has 1 N–H and O–H groups in total. The first-order valence-corrected chi connectivity index (χ1v) is 11.7. The van der Waals surface area contributed by atoms with Crippen molar-refractivity contribution in [3.05, 3.63) is 48.8 Å². The lowest BCUT2D eigenvalue weighted by Gasteiger charge is -2.43. The number of carbonyl (C=O) groups is 1. The molecule has 2 heterocycles. The number of aliphatic carboxylic acids is 1. The van der Waals surface area contributed by atoms with Crippen molar-refractivity contribution in [3.8, 4) is 5.75 Å². The molecule has 0 aliphatic carbocycles. The van der Waals surface area contributed by atoms with E-state index in [0.29, 0.717) is 18.9 Å². The summed E-state index contributed by atoms with van der Waals surface area (Å²) in [7, 11) is -4.10. The second kappa shape index (κ2) is 9.04. The zero-order valence-corrected chi connectivity index (χ0v) is 18.1. The second-order valence-electron chi connectivity index (χ2n) is 7.68. The maximum Gasteiger partial charge on any atom is 0.325 e. The van der Waals surface area contributed by atoms with E-state index in [9.17, 15) is 18.3 Å². The Kier molecular flexibility index (Phi) is 6.65. The smallest absolute Gasteiger partial charge is 0.325 e. The zero-order chi connectivity index (χ0) is 21.8. The Morgan fingerprint density at radius 2 is 1.90 bits per heavy atom. The van der Waals surface area contributed by atoms with Crippen molar-refractivity contribution in [3.63, 3.8) is 0 Å². The Morgan fingerprint density at radius 1 is 1.23 bits per heavy atom. The summed E-state index contributed by atoms with van der Waals surface area (Å²) in [6.45, 7) is 4.81. The van der Waals surface area contributed by atoms with Gasteiger partial charge < -0.3 is 14.7 Å². The van der Waals surface area contributed by atoms with Gasteiger partial charge in [0.05, 0.1) is 11.5 Å². The van der Waals surface area contributed by atoms with E-state index >= 15 is 0 Å². The van der Waals surface area contributed by atoms with Gasteiger partial charge in [0.2, 0.25) is 0 Å². The highest BCUT2D eigenvalue weighted by Crippen LogP contribution is 2.40. The maximum absolute atomic E-state index is 13.5. The number of benzene rings is 1. The molecule has 2 atom stereocenters. The van der Waals surface area contributed by atoms with Gasteiger partial charge >= 0.3 is 5.97 Å². The third-order valence-corrected chi connectivity index (χ3v) is 8.18. The minimum atomic E-state index is -4.10. The number of nitrogens with zero attached hydrogens (tertiary/aromatic N) is 2. The molecule has 0 bridgehead atoms. The Bertz CT molecular complexity index is 963. The Hall–Kier alpha value is -2.61. The molecule has 1 aliphatic rings. The van der Waals surface area contributed by atoms with Gasteiger partial charge in [0.1, 0.15) is 5.75 Å². The molecule has 1 saturated heterocycles. The molecule has 1 aliphatic heterocycles. The molecule has 3 rings (SSSR count). The van der Waals surface area contributed by atoms with E-state index in [2.05, 4.69) is 11.9 Å². The molecule has 1 aromatic heterocycles. The fourth-order valence-corrected chi connectivity index (χ4v) is 5.95. The van der Waals surface area contributed by atoms with Gasteiger partial charge in [-0.2, -0.15) is 0 Å². The first kappa shape index (κ1) is 22.1. The molecular formula is C22H28N2O5S. The quantitative estimate of drug-likeness (QED) is 0.637. The van der Waals surface area contributed by atoms with Crippen LogP contribution in [0.1, 0.15) is 39.5 Å². The van der Waals surface area contributed by atoms with Crippen LogP contribution in [0.4, 0.5) is 5.69 Å². The molecule has 0 saturated carbocycles. The van der Waals surface area contributed by atoms with Crippen LogP contribution in [0.25, 0.3) is 0 Å². The lowest BCUT2D eigenvalue weighted by Crippen LogP contribution is -2.57. The Morgan fingerprint density at radius 3 is 2.47 bits per heavy atom. The summed E-state index contributed by atoms with van der Waals surface area (Å²) in [5, 5.41) is 10.0. The zero-order valence-electron chi connectivity index (χ0n) is 17.3. The van der Waals surface area contributed by atoms with Crippen LogP contribution in [0.15, 0.2) is 53.7 Å². The number of hydrogen-bond donors (Lipinski definition) is 1. The highest BCUT2D eigenvalue weighted by Gasteiger charge is 2.55. The van der Waals surface area contributed by atoms with Crippen LogP contribution in [-0.2, 0) is 14.6 Å². The van der Waals surface area contributed by atoms with Crippen molar-refractivity contribution >= 4 is 21.5 Å². The first-order valence-electron chi connectivity index (χ1n) is 10.2. The molecule has 0 amide bonds. The molecule has 30 heavy (non-hydrogen) atoms. The number of aromatic nitrogens is 1. The molecule has 8 heteroatoms. The predicted molar refractivity (Wildman–Crippen MR) is 115 cm³/mol. The highest BCUT2D eigenvalue weighted by molar-refractivity contribution is 7.93. The summed E-state index contributed by atoms with van der Waals surface area (Å²) in [4.78, 5) is 18.3. The molecule has 0 radical (unpaired) electrons. The van der Waals surface area contributed by atoms with Crippen molar-refractivity contribution in [1.82, 2.24) is 4.98 Å². The second-order valence-corrected chi connectivity index (χ2v) is 9.94. The summed E-state index contributed by atoms with van der Waals surface area (Å²) >= 11 is 0. The number of sulfone groups is 1. The maximum atomic E-state index is 13.5. The molecule has 0 spiro atoms. The van der Waals surface area contributed by atoms with Gasteiger partial charge in [-0.3, -0.25) is 9.78 Å². The minimum Gasteiger partial charge on any atom is -0.494 e. The van der Waals surface area contributed by atoms with Gasteiger partial charge in [-0.25, -0.2) is 8.42 Å². The number of anilines is 1. The van der Waals surface area contributed by atoms with Gasteiger partial charge in [0.15, 0.2) is 14.6 Å². The molecule has 2 unspecified atom stereocenters. The SMILES string of the molecule is CCCCOc1ccc(S(=O)(=O)C2(C(=O)O)CCN(c3ccncc3)C(C)C2)cc1. The van der Waals surface area contributed by atoms with E-state index in [1.54, 1.807) is 24.5 Å². The van der Waals surface area contributed by atoms with Crippen LogP contribution in [-0.4, -0.2) is 48.4 Å². The molecule has 1 fully saturated rings. The monoisotopic (exact) mass is 432 g/mol. The number of pyridine rings is 1. The average Bonchev–Trinajstić information content (AvgIpc) is 2.74. The first-order chi connectivity index (χ1) is 14.3. The van der Waals surface area contributed by atoms with E-state index < -0.39 is 20.6 Å². The number of hydrogen-bond acceptors (Lipinski definition) is 6. The van der Waals surface area contributed by atoms with E-state index in [1.807, 2.05) is 24.0 Å². The van der Waals surface area contributed by atoms with Crippen molar-refractivity contribution in [1.29, 1.82) is 0 Å². The summed E-state index contributed by atoms with van der Waals surface area (Å²) in [5.41, 5.74) is 0.905. The lowest BCUT2D eigenvalue weighted by molar-refractivity contribution is -0.141. The van der Waals surface area contributed by atoms with E-state index in [-0.39, 0.29) is 23.8 Å². The average molecular weight is 433 g/mol. The fraction of sp³-hybridized carbons (Fsp3) is 0.455. The van der Waals surface area contributed by atoms with Gasteiger partial charge in [0.25, 0.3) is 0 Å². The molecule has 7 nitrogen and oxygen atoms in total. The van der Waals surface area contributed by atoms with Crippen molar-refractivity contribution in [2.24, 2.45) is 0 Å². The van der Waals surface area contributed by atoms with E-state index in [4.69, 9.17) is 4.74 Å². The van der Waals surface area contributed by atoms with Gasteiger partial charge in [-0.1, -0.05) is 13.3 Å². The lowest BCUT2D eigenvalue weighted by atomic mass is 9.90. The molecular weight excluding hydrogens is 404 g/mol. The molecule has 162 valence electrons.